The third-order valence-electron chi connectivity index (χ3n) is 4.03. The molecule has 0 saturated carbocycles. The lowest BCUT2D eigenvalue weighted by atomic mass is 9.98. The molecule has 104 valence electrons. The molecular formula is C15H22N2O2. The van der Waals surface area contributed by atoms with Crippen LogP contribution in [0.15, 0.2) is 6.07 Å². The normalized spacial score (nSPS) is 15.0. The van der Waals surface area contributed by atoms with Crippen LogP contribution in [0.5, 0.6) is 5.75 Å². The van der Waals surface area contributed by atoms with Crippen molar-refractivity contribution in [2.24, 2.45) is 5.92 Å². The van der Waals surface area contributed by atoms with Crippen molar-refractivity contribution in [2.75, 3.05) is 32.1 Å². The monoisotopic (exact) mass is 262 g/mol. The SMILES string of the molecule is COc1c(C)cc(N(C)C(=O)C2CNC2)c(C)c1C. The molecule has 4 nitrogen and oxygen atoms in total. The maximum absolute atomic E-state index is 12.3. The molecule has 0 radical (unpaired) electrons. The van der Waals surface area contributed by atoms with E-state index in [1.54, 1.807) is 12.0 Å². The van der Waals surface area contributed by atoms with Gasteiger partial charge in [0.1, 0.15) is 5.75 Å². The quantitative estimate of drug-likeness (QED) is 0.903. The van der Waals surface area contributed by atoms with Gasteiger partial charge in [-0.05, 0) is 43.5 Å². The van der Waals surface area contributed by atoms with E-state index >= 15 is 0 Å². The number of carbonyl (C=O) groups is 1. The van der Waals surface area contributed by atoms with E-state index in [9.17, 15) is 4.79 Å². The molecule has 1 fully saturated rings. The minimum atomic E-state index is 0.118. The third-order valence-corrected chi connectivity index (χ3v) is 4.03. The Hall–Kier alpha value is -1.55. The van der Waals surface area contributed by atoms with Crippen molar-refractivity contribution in [2.45, 2.75) is 20.8 Å². The van der Waals surface area contributed by atoms with Crippen molar-refractivity contribution < 1.29 is 9.53 Å². The van der Waals surface area contributed by atoms with Crippen molar-refractivity contribution in [3.63, 3.8) is 0 Å². The van der Waals surface area contributed by atoms with E-state index in [2.05, 4.69) is 5.32 Å². The second kappa shape index (κ2) is 5.21. The van der Waals surface area contributed by atoms with Gasteiger partial charge in [0.25, 0.3) is 0 Å². The molecule has 0 bridgehead atoms. The van der Waals surface area contributed by atoms with Gasteiger partial charge in [-0.3, -0.25) is 4.79 Å². The van der Waals surface area contributed by atoms with Gasteiger partial charge in [-0.15, -0.1) is 0 Å². The molecule has 0 aliphatic carbocycles. The molecule has 1 aromatic rings. The van der Waals surface area contributed by atoms with Gasteiger partial charge >= 0.3 is 0 Å². The Balaban J connectivity index is 2.36. The lowest BCUT2D eigenvalue weighted by Gasteiger charge is -2.31. The summed E-state index contributed by atoms with van der Waals surface area (Å²) in [5.74, 6) is 1.21. The van der Waals surface area contributed by atoms with Crippen LogP contribution in [0.4, 0.5) is 5.69 Å². The van der Waals surface area contributed by atoms with Crippen LogP contribution >= 0.6 is 0 Å². The van der Waals surface area contributed by atoms with Crippen LogP contribution in [0.1, 0.15) is 16.7 Å². The first-order chi connectivity index (χ1) is 8.97. The molecule has 0 unspecified atom stereocenters. The van der Waals surface area contributed by atoms with Crippen LogP contribution in [-0.4, -0.2) is 33.2 Å². The third kappa shape index (κ3) is 2.32. The Labute approximate surface area is 114 Å². The molecule has 4 heteroatoms. The Morgan fingerprint density at radius 3 is 2.42 bits per heavy atom. The highest BCUT2D eigenvalue weighted by Crippen LogP contribution is 2.33. The van der Waals surface area contributed by atoms with Gasteiger partial charge in [-0.1, -0.05) is 0 Å². The molecule has 0 aromatic heterocycles. The number of benzene rings is 1. The van der Waals surface area contributed by atoms with Crippen LogP contribution in [0.2, 0.25) is 0 Å². The molecule has 0 spiro atoms. The number of rotatable bonds is 3. The zero-order chi connectivity index (χ0) is 14.2. The topological polar surface area (TPSA) is 41.6 Å². The lowest BCUT2D eigenvalue weighted by molar-refractivity contribution is -0.123. The summed E-state index contributed by atoms with van der Waals surface area (Å²) in [6.07, 6.45) is 0. The van der Waals surface area contributed by atoms with E-state index in [0.717, 1.165) is 41.2 Å². The largest absolute Gasteiger partial charge is 0.496 e. The van der Waals surface area contributed by atoms with Crippen molar-refractivity contribution in [3.8, 4) is 5.75 Å². The van der Waals surface area contributed by atoms with Crippen molar-refractivity contribution in [3.05, 3.63) is 22.8 Å². The van der Waals surface area contributed by atoms with Crippen LogP contribution in [0.25, 0.3) is 0 Å². The van der Waals surface area contributed by atoms with Gasteiger partial charge in [-0.25, -0.2) is 0 Å². The Morgan fingerprint density at radius 2 is 1.95 bits per heavy atom. The maximum atomic E-state index is 12.3. The maximum Gasteiger partial charge on any atom is 0.232 e. The van der Waals surface area contributed by atoms with Gasteiger partial charge in [-0.2, -0.15) is 0 Å². The Kier molecular flexibility index (Phi) is 3.80. The average Bonchev–Trinajstić information content (AvgIpc) is 2.31. The molecule has 1 N–H and O–H groups in total. The highest BCUT2D eigenvalue weighted by atomic mass is 16.5. The number of anilines is 1. The number of nitrogens with zero attached hydrogens (tertiary/aromatic N) is 1. The molecule has 1 amide bonds. The van der Waals surface area contributed by atoms with E-state index < -0.39 is 0 Å². The number of hydrogen-bond donors (Lipinski definition) is 1. The minimum absolute atomic E-state index is 0.118. The molecular weight excluding hydrogens is 240 g/mol. The first-order valence-electron chi connectivity index (χ1n) is 6.60. The van der Waals surface area contributed by atoms with Crippen molar-refractivity contribution in [1.82, 2.24) is 5.32 Å². The fourth-order valence-corrected chi connectivity index (χ4v) is 2.56. The molecule has 1 aliphatic rings. The van der Waals surface area contributed by atoms with E-state index in [1.165, 1.54) is 0 Å². The summed E-state index contributed by atoms with van der Waals surface area (Å²) in [7, 11) is 3.54. The summed E-state index contributed by atoms with van der Waals surface area (Å²) in [6, 6.07) is 2.03. The Morgan fingerprint density at radius 1 is 1.32 bits per heavy atom. The number of carbonyl (C=O) groups excluding carboxylic acids is 1. The number of aryl methyl sites for hydroxylation is 1. The predicted octanol–water partition coefficient (Wildman–Crippen LogP) is 1.80. The second-order valence-electron chi connectivity index (χ2n) is 5.25. The zero-order valence-corrected chi connectivity index (χ0v) is 12.3. The summed E-state index contributed by atoms with van der Waals surface area (Å²) < 4.78 is 5.42. The summed E-state index contributed by atoms with van der Waals surface area (Å²) in [6.45, 7) is 7.66. The van der Waals surface area contributed by atoms with Crippen LogP contribution < -0.4 is 15.0 Å². The number of methoxy groups -OCH3 is 1. The molecule has 19 heavy (non-hydrogen) atoms. The van der Waals surface area contributed by atoms with Gasteiger partial charge in [0.05, 0.1) is 13.0 Å². The summed E-state index contributed by atoms with van der Waals surface area (Å²) in [5, 5.41) is 3.14. The number of hydrogen-bond acceptors (Lipinski definition) is 3. The van der Waals surface area contributed by atoms with E-state index in [0.29, 0.717) is 0 Å². The lowest BCUT2D eigenvalue weighted by Crippen LogP contribution is -2.51. The fraction of sp³-hybridized carbons (Fsp3) is 0.533. The second-order valence-corrected chi connectivity index (χ2v) is 5.25. The van der Waals surface area contributed by atoms with Gasteiger partial charge in [0, 0.05) is 25.8 Å². The van der Waals surface area contributed by atoms with Crippen LogP contribution in [0, 0.1) is 26.7 Å². The minimum Gasteiger partial charge on any atom is -0.496 e. The summed E-state index contributed by atoms with van der Waals surface area (Å²) in [4.78, 5) is 14.1. The number of amides is 1. The van der Waals surface area contributed by atoms with Gasteiger partial charge < -0.3 is 15.0 Å². The number of ether oxygens (including phenoxy) is 1. The molecule has 1 aliphatic heterocycles. The predicted molar refractivity (Wildman–Crippen MR) is 77.0 cm³/mol. The average molecular weight is 262 g/mol. The molecule has 0 atom stereocenters. The van der Waals surface area contributed by atoms with Crippen molar-refractivity contribution >= 4 is 11.6 Å². The van der Waals surface area contributed by atoms with Crippen LogP contribution in [0.3, 0.4) is 0 Å². The van der Waals surface area contributed by atoms with Gasteiger partial charge in [0.2, 0.25) is 5.91 Å². The first kappa shape index (κ1) is 13.9. The van der Waals surface area contributed by atoms with Crippen molar-refractivity contribution in [1.29, 1.82) is 0 Å². The smallest absolute Gasteiger partial charge is 0.232 e. The summed E-state index contributed by atoms with van der Waals surface area (Å²) in [5.41, 5.74) is 4.24. The molecule has 1 heterocycles. The van der Waals surface area contributed by atoms with Gasteiger partial charge in [0.15, 0.2) is 0 Å². The van der Waals surface area contributed by atoms with E-state index in [-0.39, 0.29) is 11.8 Å². The molecule has 2 rings (SSSR count). The molecule has 1 aromatic carbocycles. The number of nitrogens with one attached hydrogen (secondary N) is 1. The first-order valence-corrected chi connectivity index (χ1v) is 6.60. The fourth-order valence-electron chi connectivity index (χ4n) is 2.56. The summed E-state index contributed by atoms with van der Waals surface area (Å²) >= 11 is 0. The molecule has 1 saturated heterocycles. The highest BCUT2D eigenvalue weighted by molar-refractivity contribution is 5.96. The van der Waals surface area contributed by atoms with E-state index in [4.69, 9.17) is 4.74 Å². The van der Waals surface area contributed by atoms with Crippen LogP contribution in [-0.2, 0) is 4.79 Å². The highest BCUT2D eigenvalue weighted by Gasteiger charge is 2.29. The van der Waals surface area contributed by atoms with E-state index in [1.807, 2.05) is 33.9 Å². The zero-order valence-electron chi connectivity index (χ0n) is 12.3. The standard InChI is InChI=1S/C15H22N2O2/c1-9-6-13(10(2)11(3)14(9)19-5)17(4)15(18)12-7-16-8-12/h6,12,16H,7-8H2,1-5H3. The Bertz CT molecular complexity index is 507.